The van der Waals surface area contributed by atoms with E-state index in [2.05, 4.69) is 24.2 Å². The molecule has 0 radical (unpaired) electrons. The van der Waals surface area contributed by atoms with Crippen molar-refractivity contribution in [2.75, 3.05) is 13.1 Å². The van der Waals surface area contributed by atoms with E-state index in [1.54, 1.807) is 16.6 Å². The van der Waals surface area contributed by atoms with E-state index < -0.39 is 0 Å². The summed E-state index contributed by atoms with van der Waals surface area (Å²) < 4.78 is 13.5. The first-order valence-electron chi connectivity index (χ1n) is 11.9. The van der Waals surface area contributed by atoms with Crippen LogP contribution >= 0.6 is 0 Å². The third kappa shape index (κ3) is 5.05. The van der Waals surface area contributed by atoms with Crippen molar-refractivity contribution in [2.45, 2.75) is 72.0 Å². The van der Waals surface area contributed by atoms with Crippen molar-refractivity contribution in [3.63, 3.8) is 0 Å². The molecule has 1 saturated heterocycles. The van der Waals surface area contributed by atoms with Gasteiger partial charge in [0, 0.05) is 20.1 Å². The number of aromatic nitrogens is 4. The zero-order valence-corrected chi connectivity index (χ0v) is 19.7. The molecule has 1 unspecified atom stereocenters. The second-order valence-corrected chi connectivity index (χ2v) is 9.46. The summed E-state index contributed by atoms with van der Waals surface area (Å²) in [5.74, 6) is 1.93. The van der Waals surface area contributed by atoms with Crippen LogP contribution in [0.4, 0.5) is 4.79 Å². The number of rotatable bonds is 6. The van der Waals surface area contributed by atoms with E-state index in [-0.39, 0.29) is 18.8 Å². The maximum Gasteiger partial charge on any atom is 0.410 e. The highest BCUT2D eigenvalue weighted by Gasteiger charge is 2.29. The quantitative estimate of drug-likeness (QED) is 0.656. The molecule has 1 amide bonds. The second-order valence-electron chi connectivity index (χ2n) is 9.46. The van der Waals surface area contributed by atoms with Gasteiger partial charge in [-0.05, 0) is 63.0 Å². The van der Waals surface area contributed by atoms with Gasteiger partial charge >= 0.3 is 6.09 Å². The lowest BCUT2D eigenvalue weighted by Crippen LogP contribution is -2.30. The summed E-state index contributed by atoms with van der Waals surface area (Å²) in [4.78, 5) is 19.1. The van der Waals surface area contributed by atoms with Gasteiger partial charge in [-0.2, -0.15) is 0 Å². The average Bonchev–Trinajstić information content (AvgIpc) is 3.42. The number of nitrogens with zero attached hydrogens (tertiary/aromatic N) is 5. The first-order chi connectivity index (χ1) is 15.4. The molecule has 2 aliphatic rings. The molecule has 0 bridgehead atoms. The van der Waals surface area contributed by atoms with Gasteiger partial charge in [0.15, 0.2) is 0 Å². The summed E-state index contributed by atoms with van der Waals surface area (Å²) in [6.45, 7) is 7.98. The van der Waals surface area contributed by atoms with Crippen LogP contribution in [-0.2, 0) is 18.4 Å². The van der Waals surface area contributed by atoms with E-state index in [9.17, 15) is 4.79 Å². The Bertz CT molecular complexity index is 936. The molecule has 0 aromatic carbocycles. The van der Waals surface area contributed by atoms with Gasteiger partial charge in [-0.15, -0.1) is 5.10 Å². The summed E-state index contributed by atoms with van der Waals surface area (Å²) in [5.41, 5.74) is 2.90. The van der Waals surface area contributed by atoms with E-state index in [1.165, 1.54) is 19.3 Å². The molecule has 1 aliphatic heterocycles. The Morgan fingerprint density at radius 2 is 1.97 bits per heavy atom. The molecule has 2 fully saturated rings. The number of ether oxygens (including phenoxy) is 2. The normalized spacial score (nSPS) is 19.5. The smallest absolute Gasteiger partial charge is 0.410 e. The average molecular weight is 442 g/mol. The van der Waals surface area contributed by atoms with Gasteiger partial charge in [0.1, 0.15) is 23.7 Å². The SMILES string of the molecule is Cc1nc(-c2nnn(C)c2COC(=O)N2CCC(C(C)C)C2)ccc1OC1CCCCC1. The van der Waals surface area contributed by atoms with Crippen LogP contribution < -0.4 is 4.74 Å². The largest absolute Gasteiger partial charge is 0.489 e. The van der Waals surface area contributed by atoms with Crippen LogP contribution in [0.2, 0.25) is 0 Å². The first kappa shape index (κ1) is 22.6. The maximum atomic E-state index is 12.6. The van der Waals surface area contributed by atoms with Gasteiger partial charge in [-0.1, -0.05) is 25.5 Å². The molecule has 0 N–H and O–H groups in total. The standard InChI is InChI=1S/C24H35N5O3/c1-16(2)18-12-13-29(14-18)24(30)31-15-21-23(26-27-28(21)4)20-10-11-22(17(3)25-20)32-19-8-6-5-7-9-19/h10-11,16,18-19H,5-9,12-15H2,1-4H3. The summed E-state index contributed by atoms with van der Waals surface area (Å²) in [7, 11) is 1.80. The number of hydrogen-bond donors (Lipinski definition) is 0. The number of carbonyl (C=O) groups is 1. The van der Waals surface area contributed by atoms with Crippen molar-refractivity contribution in [1.29, 1.82) is 0 Å². The predicted octanol–water partition coefficient (Wildman–Crippen LogP) is 4.51. The molecule has 174 valence electrons. The zero-order chi connectivity index (χ0) is 22.7. The molecule has 3 heterocycles. The fourth-order valence-corrected chi connectivity index (χ4v) is 4.62. The van der Waals surface area contributed by atoms with E-state index in [0.717, 1.165) is 49.5 Å². The third-order valence-electron chi connectivity index (χ3n) is 6.83. The molecule has 2 aromatic rings. The van der Waals surface area contributed by atoms with E-state index in [4.69, 9.17) is 14.5 Å². The fourth-order valence-electron chi connectivity index (χ4n) is 4.62. The molecule has 32 heavy (non-hydrogen) atoms. The molecule has 1 atom stereocenters. The topological polar surface area (TPSA) is 82.4 Å². The van der Waals surface area contributed by atoms with Crippen molar-refractivity contribution < 1.29 is 14.3 Å². The summed E-state index contributed by atoms with van der Waals surface area (Å²) in [6.07, 6.45) is 7.00. The van der Waals surface area contributed by atoms with Gasteiger partial charge in [0.05, 0.1) is 17.5 Å². The Morgan fingerprint density at radius 3 is 2.66 bits per heavy atom. The third-order valence-corrected chi connectivity index (χ3v) is 6.83. The van der Waals surface area contributed by atoms with Crippen LogP contribution in [0.1, 0.15) is 63.8 Å². The van der Waals surface area contributed by atoms with Crippen molar-refractivity contribution >= 4 is 6.09 Å². The Labute approximate surface area is 190 Å². The lowest BCUT2D eigenvalue weighted by Gasteiger charge is -2.23. The Hall–Kier alpha value is -2.64. The Kier molecular flexibility index (Phi) is 6.96. The lowest BCUT2D eigenvalue weighted by molar-refractivity contribution is 0.100. The van der Waals surface area contributed by atoms with E-state index in [1.807, 2.05) is 19.1 Å². The molecule has 1 aliphatic carbocycles. The van der Waals surface area contributed by atoms with Crippen LogP contribution in [0.25, 0.3) is 11.4 Å². The van der Waals surface area contributed by atoms with Gasteiger partial charge in [0.25, 0.3) is 0 Å². The molecule has 4 rings (SSSR count). The molecule has 8 nitrogen and oxygen atoms in total. The lowest BCUT2D eigenvalue weighted by atomic mass is 9.95. The van der Waals surface area contributed by atoms with E-state index >= 15 is 0 Å². The number of pyridine rings is 1. The number of aryl methyl sites for hydroxylation is 2. The number of carbonyl (C=O) groups excluding carboxylic acids is 1. The van der Waals surface area contributed by atoms with Crippen molar-refractivity contribution in [3.05, 3.63) is 23.5 Å². The maximum absolute atomic E-state index is 12.6. The van der Waals surface area contributed by atoms with Crippen LogP contribution in [0, 0.1) is 18.8 Å². The molecular weight excluding hydrogens is 406 g/mol. The van der Waals surface area contributed by atoms with Gasteiger partial charge in [-0.25, -0.2) is 14.5 Å². The molecule has 8 heteroatoms. The highest BCUT2D eigenvalue weighted by Crippen LogP contribution is 2.28. The summed E-state index contributed by atoms with van der Waals surface area (Å²) in [6, 6.07) is 3.88. The number of hydrogen-bond acceptors (Lipinski definition) is 6. The Morgan fingerprint density at radius 1 is 1.19 bits per heavy atom. The minimum Gasteiger partial charge on any atom is -0.489 e. The fraction of sp³-hybridized carbons (Fsp3) is 0.667. The second kappa shape index (κ2) is 9.88. The van der Waals surface area contributed by atoms with Crippen LogP contribution in [0.5, 0.6) is 5.75 Å². The van der Waals surface area contributed by atoms with Crippen LogP contribution in [0.3, 0.4) is 0 Å². The predicted molar refractivity (Wildman–Crippen MR) is 121 cm³/mol. The highest BCUT2D eigenvalue weighted by atomic mass is 16.6. The summed E-state index contributed by atoms with van der Waals surface area (Å²) in [5, 5.41) is 8.43. The molecule has 1 saturated carbocycles. The Balaban J connectivity index is 1.42. The van der Waals surface area contributed by atoms with Crippen LogP contribution in [-0.4, -0.2) is 50.2 Å². The van der Waals surface area contributed by atoms with Gasteiger partial charge in [0.2, 0.25) is 0 Å². The zero-order valence-electron chi connectivity index (χ0n) is 19.7. The van der Waals surface area contributed by atoms with Gasteiger partial charge < -0.3 is 14.4 Å². The highest BCUT2D eigenvalue weighted by molar-refractivity contribution is 5.68. The first-order valence-corrected chi connectivity index (χ1v) is 11.9. The monoisotopic (exact) mass is 441 g/mol. The minimum atomic E-state index is -0.277. The van der Waals surface area contributed by atoms with Crippen molar-refractivity contribution in [3.8, 4) is 17.1 Å². The number of amides is 1. The van der Waals surface area contributed by atoms with Crippen molar-refractivity contribution in [1.82, 2.24) is 24.9 Å². The molecular formula is C24H35N5O3. The molecule has 2 aromatic heterocycles. The molecule has 0 spiro atoms. The van der Waals surface area contributed by atoms with Gasteiger partial charge in [-0.3, -0.25) is 0 Å². The summed E-state index contributed by atoms with van der Waals surface area (Å²) >= 11 is 0. The minimum absolute atomic E-state index is 0.113. The van der Waals surface area contributed by atoms with E-state index in [0.29, 0.717) is 23.2 Å². The van der Waals surface area contributed by atoms with Crippen molar-refractivity contribution in [2.24, 2.45) is 18.9 Å². The van der Waals surface area contributed by atoms with Crippen LogP contribution in [0.15, 0.2) is 12.1 Å². The number of likely N-dealkylation sites (tertiary alicyclic amines) is 1.